The van der Waals surface area contributed by atoms with Crippen LogP contribution in [0.1, 0.15) is 5.56 Å². The maximum Gasteiger partial charge on any atom is 0.364 e. The van der Waals surface area contributed by atoms with Crippen LogP contribution in [0.15, 0.2) is 24.3 Å². The molecule has 0 aliphatic heterocycles. The fourth-order valence-electron chi connectivity index (χ4n) is 1.09. The van der Waals surface area contributed by atoms with Gasteiger partial charge in [0.1, 0.15) is 0 Å². The summed E-state index contributed by atoms with van der Waals surface area (Å²) in [5.41, 5.74) is 3.17. The van der Waals surface area contributed by atoms with Gasteiger partial charge in [0.05, 0.1) is 12.1 Å². The zero-order valence-electron chi connectivity index (χ0n) is 8.52. The van der Waals surface area contributed by atoms with E-state index in [1.54, 1.807) is 24.3 Å². The lowest BCUT2D eigenvalue weighted by Crippen LogP contribution is -2.17. The number of alkyl halides is 2. The van der Waals surface area contributed by atoms with Crippen LogP contribution in [0.25, 0.3) is 0 Å². The third-order valence-corrected chi connectivity index (χ3v) is 2.16. The number of carbonyl (C=O) groups is 2. The van der Waals surface area contributed by atoms with Crippen molar-refractivity contribution in [3.63, 3.8) is 0 Å². The molecule has 0 heterocycles. The Labute approximate surface area is 107 Å². The highest BCUT2D eigenvalue weighted by Crippen LogP contribution is 2.16. The van der Waals surface area contributed by atoms with Crippen molar-refractivity contribution in [2.45, 2.75) is 11.3 Å². The first-order valence-corrected chi connectivity index (χ1v) is 5.42. The molecule has 2 N–H and O–H groups in total. The largest absolute Gasteiger partial charge is 0.481 e. The van der Waals surface area contributed by atoms with Crippen molar-refractivity contribution in [3.05, 3.63) is 29.8 Å². The number of nitrogens with one attached hydrogen (secondary N) is 1. The number of halogens is 2. The highest BCUT2D eigenvalue weighted by atomic mass is 35.5. The predicted molar refractivity (Wildman–Crippen MR) is 63.0 cm³/mol. The first-order chi connectivity index (χ1) is 8.00. The number of carboxylic acids is 1. The molecule has 1 aromatic rings. The smallest absolute Gasteiger partial charge is 0.364 e. The molecule has 0 amide bonds. The number of para-hydroxylation sites is 1. The molecule has 0 bridgehead atoms. The molecule has 0 aliphatic rings. The van der Waals surface area contributed by atoms with E-state index < -0.39 is 16.8 Å². The van der Waals surface area contributed by atoms with Gasteiger partial charge in [-0.1, -0.05) is 41.4 Å². The van der Waals surface area contributed by atoms with Gasteiger partial charge in [-0.05, 0) is 11.6 Å². The minimum Gasteiger partial charge on any atom is -0.481 e. The molecule has 0 saturated carbocycles. The van der Waals surface area contributed by atoms with Gasteiger partial charge in [0, 0.05) is 0 Å². The molecule has 0 aromatic heterocycles. The summed E-state index contributed by atoms with van der Waals surface area (Å²) in [6.07, 6.45) is -0.189. The van der Waals surface area contributed by atoms with Crippen LogP contribution in [0.5, 0.6) is 0 Å². The van der Waals surface area contributed by atoms with Gasteiger partial charge in [-0.3, -0.25) is 4.79 Å². The molecule has 1 rings (SSSR count). The van der Waals surface area contributed by atoms with E-state index in [9.17, 15) is 9.59 Å². The molecule has 7 heteroatoms. The van der Waals surface area contributed by atoms with Crippen molar-refractivity contribution >= 4 is 40.8 Å². The van der Waals surface area contributed by atoms with Crippen LogP contribution in [0.2, 0.25) is 0 Å². The van der Waals surface area contributed by atoms with Crippen molar-refractivity contribution < 1.29 is 19.5 Å². The van der Waals surface area contributed by atoms with Crippen LogP contribution in [-0.4, -0.2) is 21.9 Å². The summed E-state index contributed by atoms with van der Waals surface area (Å²) in [5, 5.41) is 8.68. The number of benzene rings is 1. The number of hydrogen-bond acceptors (Lipinski definition) is 4. The number of aliphatic carboxylic acids is 1. The average molecular weight is 278 g/mol. The van der Waals surface area contributed by atoms with Crippen molar-refractivity contribution in [2.75, 3.05) is 5.48 Å². The Bertz CT molecular complexity index is 423. The average Bonchev–Trinajstić information content (AvgIpc) is 2.26. The minimum absolute atomic E-state index is 0.189. The Hall–Kier alpha value is -1.46. The zero-order valence-corrected chi connectivity index (χ0v) is 10.0. The third-order valence-electron chi connectivity index (χ3n) is 1.80. The molecule has 92 valence electrons. The molecule has 0 fully saturated rings. The molecule has 0 radical (unpaired) electrons. The molecular formula is C10H9Cl2NO4. The first kappa shape index (κ1) is 13.6. The molecule has 5 nitrogen and oxygen atoms in total. The van der Waals surface area contributed by atoms with E-state index in [-0.39, 0.29) is 6.42 Å². The van der Waals surface area contributed by atoms with Crippen molar-refractivity contribution in [1.29, 1.82) is 0 Å². The van der Waals surface area contributed by atoms with E-state index in [0.717, 1.165) is 0 Å². The van der Waals surface area contributed by atoms with Crippen molar-refractivity contribution in [3.8, 4) is 0 Å². The number of carbonyl (C=O) groups excluding carboxylic acids is 1. The SMILES string of the molecule is O=C(O)Cc1ccccc1NOC(=O)C(Cl)Cl. The molecule has 0 saturated heterocycles. The summed E-state index contributed by atoms with van der Waals surface area (Å²) in [6, 6.07) is 6.52. The number of rotatable bonds is 5. The molecule has 0 unspecified atom stereocenters. The summed E-state index contributed by atoms with van der Waals surface area (Å²) in [4.78, 5) is 24.8. The molecule has 1 aromatic carbocycles. The van der Waals surface area contributed by atoms with Crippen molar-refractivity contribution in [1.82, 2.24) is 0 Å². The number of hydrogen-bond donors (Lipinski definition) is 2. The van der Waals surface area contributed by atoms with E-state index in [1.807, 2.05) is 0 Å². The van der Waals surface area contributed by atoms with Crippen LogP contribution in [0.3, 0.4) is 0 Å². The Morgan fingerprint density at radius 1 is 1.35 bits per heavy atom. The Kier molecular flexibility index (Phi) is 5.06. The normalized spacial score (nSPS) is 10.1. The van der Waals surface area contributed by atoms with Gasteiger partial charge in [0.15, 0.2) is 0 Å². The van der Waals surface area contributed by atoms with E-state index in [2.05, 4.69) is 10.3 Å². The molecule has 17 heavy (non-hydrogen) atoms. The Morgan fingerprint density at radius 2 is 2.00 bits per heavy atom. The van der Waals surface area contributed by atoms with Gasteiger partial charge in [-0.2, -0.15) is 0 Å². The van der Waals surface area contributed by atoms with Crippen LogP contribution in [0, 0.1) is 0 Å². The third kappa shape index (κ3) is 4.50. The van der Waals surface area contributed by atoms with Gasteiger partial charge in [0.25, 0.3) is 0 Å². The second kappa shape index (κ2) is 6.32. The summed E-state index contributed by atoms with van der Waals surface area (Å²) < 4.78 is 0. The fraction of sp³-hybridized carbons (Fsp3) is 0.200. The summed E-state index contributed by atoms with van der Waals surface area (Å²) >= 11 is 10.6. The minimum atomic E-state index is -1.30. The maximum absolute atomic E-state index is 11.0. The van der Waals surface area contributed by atoms with Crippen LogP contribution in [-0.2, 0) is 20.8 Å². The van der Waals surface area contributed by atoms with E-state index in [1.165, 1.54) is 0 Å². The van der Waals surface area contributed by atoms with Gasteiger partial charge in [0.2, 0.25) is 4.84 Å². The predicted octanol–water partition coefficient (Wildman–Crippen LogP) is 1.99. The van der Waals surface area contributed by atoms with Crippen LogP contribution in [0.4, 0.5) is 5.69 Å². The number of anilines is 1. The van der Waals surface area contributed by atoms with Crippen LogP contribution >= 0.6 is 23.2 Å². The molecule has 0 spiro atoms. The standard InChI is InChI=1S/C10H9Cl2NO4/c11-9(12)10(16)17-13-7-4-2-1-3-6(7)5-8(14)15/h1-4,9,13H,5H2,(H,14,15). The van der Waals surface area contributed by atoms with E-state index in [0.29, 0.717) is 11.3 Å². The molecular weight excluding hydrogens is 269 g/mol. The van der Waals surface area contributed by atoms with Crippen molar-refractivity contribution in [2.24, 2.45) is 0 Å². The Balaban J connectivity index is 2.70. The van der Waals surface area contributed by atoms with Crippen LogP contribution < -0.4 is 5.48 Å². The zero-order chi connectivity index (χ0) is 12.8. The highest BCUT2D eigenvalue weighted by molar-refractivity contribution is 6.52. The Morgan fingerprint density at radius 3 is 2.59 bits per heavy atom. The summed E-state index contributed by atoms with van der Waals surface area (Å²) in [5.74, 6) is -1.85. The van der Waals surface area contributed by atoms with Gasteiger partial charge >= 0.3 is 11.9 Å². The second-order valence-electron chi connectivity index (χ2n) is 3.05. The van der Waals surface area contributed by atoms with Gasteiger partial charge in [-0.25, -0.2) is 10.3 Å². The quantitative estimate of drug-likeness (QED) is 0.636. The highest BCUT2D eigenvalue weighted by Gasteiger charge is 2.14. The monoisotopic (exact) mass is 277 g/mol. The molecule has 0 aliphatic carbocycles. The van der Waals surface area contributed by atoms with Gasteiger partial charge in [-0.15, -0.1) is 0 Å². The lowest BCUT2D eigenvalue weighted by atomic mass is 10.1. The summed E-state index contributed by atoms with van der Waals surface area (Å²) in [7, 11) is 0. The number of carboxylic acid groups (broad SMARTS) is 1. The maximum atomic E-state index is 11.0. The first-order valence-electron chi connectivity index (χ1n) is 4.55. The fourth-order valence-corrected chi connectivity index (χ4v) is 1.18. The lowest BCUT2D eigenvalue weighted by molar-refractivity contribution is -0.138. The topological polar surface area (TPSA) is 75.6 Å². The molecule has 0 atom stereocenters. The second-order valence-corrected chi connectivity index (χ2v) is 4.15. The summed E-state index contributed by atoms with van der Waals surface area (Å²) in [6.45, 7) is 0. The van der Waals surface area contributed by atoms with E-state index in [4.69, 9.17) is 28.3 Å². The lowest BCUT2D eigenvalue weighted by Gasteiger charge is -2.10. The van der Waals surface area contributed by atoms with Gasteiger partial charge < -0.3 is 9.94 Å². The van der Waals surface area contributed by atoms with E-state index >= 15 is 0 Å².